The Morgan fingerprint density at radius 2 is 1.92 bits per heavy atom. The molecule has 0 aliphatic carbocycles. The number of ether oxygens (including phenoxy) is 2. The summed E-state index contributed by atoms with van der Waals surface area (Å²) in [5, 5.41) is 10.5. The smallest absolute Gasteiger partial charge is 0.276 e. The maximum atomic E-state index is 11.4. The summed E-state index contributed by atoms with van der Waals surface area (Å²) in [5.41, 5.74) is 3.71. The molecule has 0 unspecified atom stereocenters. The van der Waals surface area contributed by atoms with Gasteiger partial charge in [0.15, 0.2) is 11.5 Å². The minimum absolute atomic E-state index is 0.0630. The maximum absolute atomic E-state index is 11.4. The molecule has 128 valence electrons. The average Bonchev–Trinajstić information content (AvgIpc) is 2.95. The number of likely N-dealkylation sites (tertiary alicyclic amines) is 1. The van der Waals surface area contributed by atoms with E-state index in [4.69, 9.17) is 14.3 Å². The zero-order valence-electron chi connectivity index (χ0n) is 13.3. The molecule has 3 heterocycles. The van der Waals surface area contributed by atoms with Crippen LogP contribution in [0.15, 0.2) is 18.2 Å². The largest absolute Gasteiger partial charge is 0.504 e. The van der Waals surface area contributed by atoms with Gasteiger partial charge in [-0.3, -0.25) is 9.69 Å². The molecule has 0 radical (unpaired) electrons. The fourth-order valence-corrected chi connectivity index (χ4v) is 3.37. The number of fused-ring (bicyclic) bond motifs is 1. The van der Waals surface area contributed by atoms with Gasteiger partial charge in [0.05, 0.1) is 13.2 Å². The number of phenolic OH excluding ortho intramolecular Hbond substituents is 1. The number of nitrogens with one attached hydrogen (secondary N) is 1. The van der Waals surface area contributed by atoms with Crippen LogP contribution in [0.2, 0.25) is 0 Å². The molecule has 1 aromatic carbocycles. The predicted octanol–water partition coefficient (Wildman–Crippen LogP) is 1.17. The van der Waals surface area contributed by atoms with Crippen LogP contribution in [0.4, 0.5) is 0 Å². The first-order valence-corrected chi connectivity index (χ1v) is 8.15. The average molecular weight is 332 g/mol. The summed E-state index contributed by atoms with van der Waals surface area (Å²) in [6, 6.07) is 3.71. The van der Waals surface area contributed by atoms with Gasteiger partial charge in [-0.05, 0) is 6.08 Å². The molecule has 0 atom stereocenters. The van der Waals surface area contributed by atoms with E-state index < -0.39 is 5.79 Å². The van der Waals surface area contributed by atoms with Crippen LogP contribution in [-0.2, 0) is 20.8 Å². The van der Waals surface area contributed by atoms with Crippen LogP contribution < -0.4 is 10.3 Å². The third-order valence-electron chi connectivity index (χ3n) is 4.74. The van der Waals surface area contributed by atoms with E-state index in [0.29, 0.717) is 25.3 Å². The van der Waals surface area contributed by atoms with E-state index in [2.05, 4.69) is 10.4 Å². The highest BCUT2D eigenvalue weighted by atomic mass is 16.7. The van der Waals surface area contributed by atoms with E-state index in [9.17, 15) is 9.90 Å². The summed E-state index contributed by atoms with van der Waals surface area (Å²) in [4.78, 5) is 18.8. The Morgan fingerprint density at radius 1 is 1.17 bits per heavy atom. The topological polar surface area (TPSA) is 80.3 Å². The zero-order valence-corrected chi connectivity index (χ0v) is 13.3. The van der Waals surface area contributed by atoms with Crippen LogP contribution in [0.25, 0.3) is 6.08 Å². The molecule has 7 heteroatoms. The Hall–Kier alpha value is -2.09. The first-order valence-electron chi connectivity index (χ1n) is 8.15. The number of carbonyl (C=O) groups excluding carboxylic acids is 1. The summed E-state index contributed by atoms with van der Waals surface area (Å²) >= 11 is 0. The minimum Gasteiger partial charge on any atom is -0.504 e. The summed E-state index contributed by atoms with van der Waals surface area (Å²) in [5.74, 6) is -0.409. The van der Waals surface area contributed by atoms with E-state index in [1.54, 1.807) is 6.08 Å². The summed E-state index contributed by atoms with van der Waals surface area (Å²) in [6.07, 6.45) is 4.65. The Bertz CT molecular complexity index is 672. The van der Waals surface area contributed by atoms with Gasteiger partial charge in [0.1, 0.15) is 0 Å². The second-order valence-corrected chi connectivity index (χ2v) is 6.28. The van der Waals surface area contributed by atoms with Crippen LogP contribution in [0, 0.1) is 0 Å². The maximum Gasteiger partial charge on any atom is 0.276 e. The number of aromatic hydroxyl groups is 1. The third kappa shape index (κ3) is 2.86. The molecule has 24 heavy (non-hydrogen) atoms. The van der Waals surface area contributed by atoms with Crippen molar-refractivity contribution in [1.29, 1.82) is 0 Å². The summed E-state index contributed by atoms with van der Waals surface area (Å²) < 4.78 is 11.5. The van der Waals surface area contributed by atoms with E-state index in [-0.39, 0.29) is 17.4 Å². The Kier molecular flexibility index (Phi) is 3.91. The number of nitrogens with zero attached hydrogens (tertiary/aromatic N) is 1. The molecule has 2 fully saturated rings. The van der Waals surface area contributed by atoms with Crippen molar-refractivity contribution in [2.45, 2.75) is 25.2 Å². The normalized spacial score (nSPS) is 22.8. The van der Waals surface area contributed by atoms with Gasteiger partial charge >= 0.3 is 0 Å². The number of amides is 1. The minimum atomic E-state index is -0.398. The van der Waals surface area contributed by atoms with E-state index in [1.807, 2.05) is 12.1 Å². The second-order valence-electron chi connectivity index (χ2n) is 6.28. The first kappa shape index (κ1) is 15.4. The molecule has 0 saturated carbocycles. The van der Waals surface area contributed by atoms with Gasteiger partial charge in [0, 0.05) is 49.7 Å². The quantitative estimate of drug-likeness (QED) is 0.846. The van der Waals surface area contributed by atoms with Crippen molar-refractivity contribution in [3.8, 4) is 11.5 Å². The van der Waals surface area contributed by atoms with E-state index >= 15 is 0 Å². The highest BCUT2D eigenvalue weighted by Crippen LogP contribution is 2.37. The molecule has 1 spiro atoms. The number of hydrogen-bond acceptors (Lipinski definition) is 6. The van der Waals surface area contributed by atoms with Crippen LogP contribution in [0.3, 0.4) is 0 Å². The standard InChI is InChI=1S/C17H20N2O5/c20-14-4-3-12-1-2-13(15(21)16(12)24-18-14)11-19-7-5-17(6-8-19)22-9-10-23-17/h1-4,21H,5-11H2,(H,18,20). The van der Waals surface area contributed by atoms with Crippen LogP contribution in [-0.4, -0.2) is 48.0 Å². The van der Waals surface area contributed by atoms with Gasteiger partial charge in [-0.25, -0.2) is 0 Å². The van der Waals surface area contributed by atoms with Crippen molar-refractivity contribution in [2.75, 3.05) is 26.3 Å². The molecule has 3 aliphatic heterocycles. The van der Waals surface area contributed by atoms with Crippen LogP contribution in [0.5, 0.6) is 11.5 Å². The molecule has 0 aromatic heterocycles. The molecular formula is C17H20N2O5. The first-order chi connectivity index (χ1) is 11.7. The Morgan fingerprint density at radius 3 is 2.67 bits per heavy atom. The Balaban J connectivity index is 1.46. The van der Waals surface area contributed by atoms with Crippen molar-refractivity contribution >= 4 is 12.0 Å². The predicted molar refractivity (Wildman–Crippen MR) is 85.1 cm³/mol. The molecule has 2 saturated heterocycles. The van der Waals surface area contributed by atoms with Crippen molar-refractivity contribution in [3.63, 3.8) is 0 Å². The lowest BCUT2D eigenvalue weighted by Crippen LogP contribution is -2.44. The van der Waals surface area contributed by atoms with Crippen molar-refractivity contribution in [3.05, 3.63) is 29.3 Å². The van der Waals surface area contributed by atoms with Crippen LogP contribution >= 0.6 is 0 Å². The number of carbonyl (C=O) groups is 1. The highest BCUT2D eigenvalue weighted by Gasteiger charge is 2.39. The third-order valence-corrected chi connectivity index (χ3v) is 4.74. The summed E-state index contributed by atoms with van der Waals surface area (Å²) in [7, 11) is 0. The number of phenols is 1. The monoisotopic (exact) mass is 332 g/mol. The van der Waals surface area contributed by atoms with Gasteiger partial charge in [0.2, 0.25) is 5.75 Å². The molecule has 3 aliphatic rings. The summed E-state index contributed by atoms with van der Waals surface area (Å²) in [6.45, 7) is 3.63. The molecule has 1 aromatic rings. The number of hydrogen-bond donors (Lipinski definition) is 2. The van der Waals surface area contributed by atoms with E-state index in [1.165, 1.54) is 6.08 Å². The molecule has 0 bridgehead atoms. The Labute approximate surface area is 139 Å². The SMILES string of the molecule is O=C1C=Cc2ccc(CN3CCC4(CC3)OCCO4)c(O)c2ON1. The number of benzene rings is 1. The molecule has 7 nitrogen and oxygen atoms in total. The van der Waals surface area contributed by atoms with Gasteiger partial charge < -0.3 is 19.4 Å². The van der Waals surface area contributed by atoms with E-state index in [0.717, 1.165) is 31.5 Å². The van der Waals surface area contributed by atoms with Gasteiger partial charge in [-0.2, -0.15) is 5.48 Å². The van der Waals surface area contributed by atoms with Gasteiger partial charge in [-0.15, -0.1) is 0 Å². The highest BCUT2D eigenvalue weighted by molar-refractivity contribution is 5.92. The molecular weight excluding hydrogens is 312 g/mol. The number of rotatable bonds is 2. The van der Waals surface area contributed by atoms with Gasteiger partial charge in [0.25, 0.3) is 5.91 Å². The van der Waals surface area contributed by atoms with Crippen molar-refractivity contribution < 1.29 is 24.2 Å². The van der Waals surface area contributed by atoms with Crippen molar-refractivity contribution in [2.24, 2.45) is 0 Å². The molecule has 4 rings (SSSR count). The number of piperidine rings is 1. The fourth-order valence-electron chi connectivity index (χ4n) is 3.37. The number of hydroxylamine groups is 1. The van der Waals surface area contributed by atoms with Crippen LogP contribution in [0.1, 0.15) is 24.0 Å². The molecule has 1 amide bonds. The zero-order chi connectivity index (χ0) is 16.6. The van der Waals surface area contributed by atoms with Gasteiger partial charge in [-0.1, -0.05) is 12.1 Å². The lowest BCUT2D eigenvalue weighted by molar-refractivity contribution is -0.185. The van der Waals surface area contributed by atoms with Crippen molar-refractivity contribution in [1.82, 2.24) is 10.4 Å². The second kappa shape index (κ2) is 6.08. The lowest BCUT2D eigenvalue weighted by Gasteiger charge is -2.37. The molecule has 2 N–H and O–H groups in total. The fraction of sp³-hybridized carbons (Fsp3) is 0.471. The lowest BCUT2D eigenvalue weighted by atomic mass is 10.0.